The van der Waals surface area contributed by atoms with Gasteiger partial charge in [-0.1, -0.05) is 6.07 Å². The van der Waals surface area contributed by atoms with E-state index in [-0.39, 0.29) is 11.9 Å². The van der Waals surface area contributed by atoms with Gasteiger partial charge in [0.1, 0.15) is 11.9 Å². The second-order valence-corrected chi connectivity index (χ2v) is 4.88. The number of hydrogen-bond acceptors (Lipinski definition) is 3. The summed E-state index contributed by atoms with van der Waals surface area (Å²) in [4.78, 5) is 11.6. The Morgan fingerprint density at radius 1 is 1.63 bits per heavy atom. The fraction of sp³-hybridized carbons (Fsp3) is 0.500. The first-order chi connectivity index (χ1) is 9.08. The molecule has 1 saturated heterocycles. The Hall–Kier alpha value is -1.46. The number of amides is 1. The van der Waals surface area contributed by atoms with Crippen molar-refractivity contribution >= 4 is 5.91 Å². The maximum absolute atomic E-state index is 13.3. The maximum atomic E-state index is 13.3. The second kappa shape index (κ2) is 6.12. The van der Waals surface area contributed by atoms with Crippen molar-refractivity contribution in [2.45, 2.75) is 31.9 Å². The summed E-state index contributed by atoms with van der Waals surface area (Å²) in [6.07, 6.45) is 2.11. The maximum Gasteiger partial charge on any atom is 0.239 e. The molecule has 0 aromatic heterocycles. The van der Waals surface area contributed by atoms with E-state index in [1.165, 1.54) is 12.1 Å². The predicted octanol–water partition coefficient (Wildman–Crippen LogP) is 1.43. The van der Waals surface area contributed by atoms with Crippen molar-refractivity contribution in [3.05, 3.63) is 35.1 Å². The zero-order valence-electron chi connectivity index (χ0n) is 11.0. The Balaban J connectivity index is 2.10. The summed E-state index contributed by atoms with van der Waals surface area (Å²) in [5.41, 5.74) is 6.83. The number of rotatable bonds is 5. The van der Waals surface area contributed by atoms with E-state index >= 15 is 0 Å². The molecule has 2 unspecified atom stereocenters. The van der Waals surface area contributed by atoms with Crippen LogP contribution < -0.4 is 11.1 Å². The third kappa shape index (κ3) is 3.52. The summed E-state index contributed by atoms with van der Waals surface area (Å²) in [6.45, 7) is 3.13. The fourth-order valence-electron chi connectivity index (χ4n) is 2.34. The summed E-state index contributed by atoms with van der Waals surface area (Å²) in [7, 11) is 0. The van der Waals surface area contributed by atoms with Crippen LogP contribution in [0.3, 0.4) is 0 Å². The first-order valence-electron chi connectivity index (χ1n) is 6.48. The molecule has 1 heterocycles. The van der Waals surface area contributed by atoms with Gasteiger partial charge in [-0.25, -0.2) is 4.39 Å². The average Bonchev–Trinajstić information content (AvgIpc) is 2.86. The van der Waals surface area contributed by atoms with Crippen LogP contribution in [-0.2, 0) is 9.53 Å². The van der Waals surface area contributed by atoms with Crippen molar-refractivity contribution < 1.29 is 13.9 Å². The van der Waals surface area contributed by atoms with Gasteiger partial charge in [-0.05, 0) is 43.0 Å². The van der Waals surface area contributed by atoms with Crippen LogP contribution in [-0.4, -0.2) is 25.2 Å². The molecule has 1 aliphatic heterocycles. The van der Waals surface area contributed by atoms with Crippen LogP contribution in [0.15, 0.2) is 18.2 Å². The minimum atomic E-state index is -0.681. The van der Waals surface area contributed by atoms with Gasteiger partial charge in [0, 0.05) is 13.2 Å². The van der Waals surface area contributed by atoms with Gasteiger partial charge in [0.2, 0.25) is 5.91 Å². The van der Waals surface area contributed by atoms with Crippen molar-refractivity contribution in [2.24, 2.45) is 5.73 Å². The fourth-order valence-corrected chi connectivity index (χ4v) is 2.34. The molecular weight excluding hydrogens is 247 g/mol. The molecule has 2 atom stereocenters. The molecule has 1 aromatic rings. The number of carbonyl (C=O) groups excluding carboxylic acids is 1. The van der Waals surface area contributed by atoms with Gasteiger partial charge in [0.05, 0.1) is 6.10 Å². The van der Waals surface area contributed by atoms with Crippen LogP contribution in [0.2, 0.25) is 0 Å². The van der Waals surface area contributed by atoms with Crippen molar-refractivity contribution in [3.63, 3.8) is 0 Å². The third-order valence-electron chi connectivity index (χ3n) is 3.41. The van der Waals surface area contributed by atoms with Crippen LogP contribution in [0.4, 0.5) is 4.39 Å². The molecule has 0 spiro atoms. The molecule has 4 nitrogen and oxygen atoms in total. The highest BCUT2D eigenvalue weighted by atomic mass is 19.1. The van der Waals surface area contributed by atoms with Gasteiger partial charge in [0.25, 0.3) is 0 Å². The molecule has 19 heavy (non-hydrogen) atoms. The van der Waals surface area contributed by atoms with E-state index in [0.29, 0.717) is 12.1 Å². The van der Waals surface area contributed by atoms with Gasteiger partial charge in [-0.3, -0.25) is 10.1 Å². The molecule has 1 aromatic carbocycles. The van der Waals surface area contributed by atoms with Crippen LogP contribution in [0.25, 0.3) is 0 Å². The van der Waals surface area contributed by atoms with E-state index < -0.39 is 11.9 Å². The minimum Gasteiger partial charge on any atom is -0.377 e. The highest BCUT2D eigenvalue weighted by Gasteiger charge is 2.23. The minimum absolute atomic E-state index is 0.107. The number of halogens is 1. The van der Waals surface area contributed by atoms with Crippen molar-refractivity contribution in [2.75, 3.05) is 13.2 Å². The topological polar surface area (TPSA) is 64.3 Å². The van der Waals surface area contributed by atoms with E-state index in [1.807, 2.05) is 6.92 Å². The smallest absolute Gasteiger partial charge is 0.239 e. The average molecular weight is 266 g/mol. The number of ether oxygens (including phenoxy) is 1. The summed E-state index contributed by atoms with van der Waals surface area (Å²) in [6, 6.07) is 3.69. The van der Waals surface area contributed by atoms with Crippen molar-refractivity contribution in [1.29, 1.82) is 0 Å². The highest BCUT2D eigenvalue weighted by molar-refractivity contribution is 5.81. The van der Waals surface area contributed by atoms with Crippen molar-refractivity contribution in [3.8, 4) is 0 Å². The number of carbonyl (C=O) groups is 1. The zero-order chi connectivity index (χ0) is 13.8. The monoisotopic (exact) mass is 266 g/mol. The first kappa shape index (κ1) is 14.0. The highest BCUT2D eigenvalue weighted by Crippen LogP contribution is 2.20. The SMILES string of the molecule is Cc1ccc(F)cc1C(NCC1CCCO1)C(N)=O. The normalized spacial score (nSPS) is 20.4. The van der Waals surface area contributed by atoms with Crippen LogP contribution >= 0.6 is 0 Å². The summed E-state index contributed by atoms with van der Waals surface area (Å²) >= 11 is 0. The quantitative estimate of drug-likeness (QED) is 0.847. The first-order valence-corrected chi connectivity index (χ1v) is 6.48. The van der Waals surface area contributed by atoms with Gasteiger partial charge < -0.3 is 10.5 Å². The van der Waals surface area contributed by atoms with Gasteiger partial charge in [-0.15, -0.1) is 0 Å². The van der Waals surface area contributed by atoms with E-state index in [0.717, 1.165) is 25.0 Å². The summed E-state index contributed by atoms with van der Waals surface area (Å²) in [5.74, 6) is -0.877. The number of nitrogens with two attached hydrogens (primary N) is 1. The molecule has 5 heteroatoms. The molecule has 1 fully saturated rings. The Bertz CT molecular complexity index is 459. The van der Waals surface area contributed by atoms with Crippen LogP contribution in [0.1, 0.15) is 30.0 Å². The Kier molecular flexibility index (Phi) is 4.50. The number of primary amides is 1. The Labute approximate surface area is 112 Å². The van der Waals surface area contributed by atoms with Gasteiger partial charge in [0.15, 0.2) is 0 Å². The lowest BCUT2D eigenvalue weighted by Crippen LogP contribution is -2.38. The molecule has 104 valence electrons. The van der Waals surface area contributed by atoms with E-state index in [9.17, 15) is 9.18 Å². The summed E-state index contributed by atoms with van der Waals surface area (Å²) in [5, 5.41) is 3.08. The molecule has 0 radical (unpaired) electrons. The number of benzene rings is 1. The Morgan fingerprint density at radius 3 is 3.05 bits per heavy atom. The molecule has 0 aliphatic carbocycles. The molecule has 0 saturated carbocycles. The number of nitrogens with one attached hydrogen (secondary N) is 1. The number of hydrogen-bond donors (Lipinski definition) is 2. The largest absolute Gasteiger partial charge is 0.377 e. The lowest BCUT2D eigenvalue weighted by molar-refractivity contribution is -0.120. The van der Waals surface area contributed by atoms with E-state index in [2.05, 4.69) is 5.32 Å². The van der Waals surface area contributed by atoms with E-state index in [4.69, 9.17) is 10.5 Å². The molecule has 1 amide bonds. The van der Waals surface area contributed by atoms with Crippen molar-refractivity contribution in [1.82, 2.24) is 5.32 Å². The molecule has 3 N–H and O–H groups in total. The standard InChI is InChI=1S/C14H19FN2O2/c1-9-4-5-10(15)7-12(9)13(14(16)18)17-8-11-3-2-6-19-11/h4-5,7,11,13,17H,2-3,6,8H2,1H3,(H2,16,18). The third-order valence-corrected chi connectivity index (χ3v) is 3.41. The van der Waals surface area contributed by atoms with Crippen LogP contribution in [0, 0.1) is 12.7 Å². The molecule has 2 rings (SSSR count). The lowest BCUT2D eigenvalue weighted by Gasteiger charge is -2.20. The lowest BCUT2D eigenvalue weighted by atomic mass is 10.00. The van der Waals surface area contributed by atoms with Gasteiger partial charge >= 0.3 is 0 Å². The molecule has 1 aliphatic rings. The summed E-state index contributed by atoms with van der Waals surface area (Å²) < 4.78 is 18.8. The second-order valence-electron chi connectivity index (χ2n) is 4.88. The van der Waals surface area contributed by atoms with Gasteiger partial charge in [-0.2, -0.15) is 0 Å². The molecule has 0 bridgehead atoms. The predicted molar refractivity (Wildman–Crippen MR) is 70.0 cm³/mol. The molecular formula is C14H19FN2O2. The number of aryl methyl sites for hydroxylation is 1. The van der Waals surface area contributed by atoms with E-state index in [1.54, 1.807) is 6.07 Å². The van der Waals surface area contributed by atoms with Crippen LogP contribution in [0.5, 0.6) is 0 Å². The Morgan fingerprint density at radius 2 is 2.42 bits per heavy atom. The zero-order valence-corrected chi connectivity index (χ0v) is 11.0.